The maximum absolute atomic E-state index is 6.23. The lowest BCUT2D eigenvalue weighted by Crippen LogP contribution is -2.34. The lowest BCUT2D eigenvalue weighted by Gasteiger charge is -2.29. The monoisotopic (exact) mass is 367 g/mol. The van der Waals surface area contributed by atoms with Crippen molar-refractivity contribution in [2.45, 2.75) is 38.5 Å². The van der Waals surface area contributed by atoms with Crippen LogP contribution in [-0.4, -0.2) is 38.8 Å². The average molecular weight is 368 g/mol. The van der Waals surface area contributed by atoms with Crippen molar-refractivity contribution in [2.75, 3.05) is 33.9 Å². The molecule has 0 aliphatic carbocycles. The van der Waals surface area contributed by atoms with Gasteiger partial charge in [0, 0.05) is 12.5 Å². The minimum Gasteiger partial charge on any atom is -0.497 e. The molecule has 1 heterocycles. The first kappa shape index (κ1) is 19.8. The van der Waals surface area contributed by atoms with Gasteiger partial charge in [-0.05, 0) is 81.4 Å². The van der Waals surface area contributed by atoms with Crippen molar-refractivity contribution in [3.8, 4) is 11.5 Å². The summed E-state index contributed by atoms with van der Waals surface area (Å²) in [6, 6.07) is 16.9. The first-order valence-corrected chi connectivity index (χ1v) is 10.3. The number of likely N-dealkylation sites (tertiary alicyclic amines) is 1. The van der Waals surface area contributed by atoms with Gasteiger partial charge in [-0.3, -0.25) is 0 Å². The standard InChI is InChI=1S/C24H33NO2/c1-25-16-8-11-21(18-25)19-27-24-15-6-5-13-22(24)12-4-3-9-20-10-7-14-23(17-20)26-2/h5-7,10,13-15,17,21H,3-4,8-9,11-12,16,18-19H2,1-2H3. The van der Waals surface area contributed by atoms with E-state index < -0.39 is 0 Å². The van der Waals surface area contributed by atoms with Gasteiger partial charge < -0.3 is 14.4 Å². The molecule has 1 aliphatic heterocycles. The lowest BCUT2D eigenvalue weighted by molar-refractivity contribution is 0.150. The van der Waals surface area contributed by atoms with E-state index in [0.29, 0.717) is 5.92 Å². The Morgan fingerprint density at radius 3 is 2.74 bits per heavy atom. The van der Waals surface area contributed by atoms with Crippen LogP contribution < -0.4 is 9.47 Å². The van der Waals surface area contributed by atoms with Crippen molar-refractivity contribution in [1.29, 1.82) is 0 Å². The number of nitrogens with zero attached hydrogens (tertiary/aromatic N) is 1. The van der Waals surface area contributed by atoms with Crippen LogP contribution in [-0.2, 0) is 12.8 Å². The molecule has 2 aromatic rings. The van der Waals surface area contributed by atoms with Crippen molar-refractivity contribution in [1.82, 2.24) is 4.90 Å². The molecule has 3 heteroatoms. The summed E-state index contributed by atoms with van der Waals surface area (Å²) >= 11 is 0. The Labute approximate surface area is 164 Å². The number of hydrogen-bond donors (Lipinski definition) is 0. The van der Waals surface area contributed by atoms with Gasteiger partial charge in [-0.25, -0.2) is 0 Å². The van der Waals surface area contributed by atoms with Crippen LogP contribution in [0.15, 0.2) is 48.5 Å². The normalized spacial score (nSPS) is 17.6. The molecule has 0 amide bonds. The van der Waals surface area contributed by atoms with Gasteiger partial charge in [0.05, 0.1) is 13.7 Å². The first-order chi connectivity index (χ1) is 13.2. The summed E-state index contributed by atoms with van der Waals surface area (Å²) in [5.74, 6) is 2.68. The highest BCUT2D eigenvalue weighted by molar-refractivity contribution is 5.33. The van der Waals surface area contributed by atoms with E-state index in [9.17, 15) is 0 Å². The molecule has 1 fully saturated rings. The molecular formula is C24H33NO2. The Hall–Kier alpha value is -2.00. The first-order valence-electron chi connectivity index (χ1n) is 10.3. The highest BCUT2D eigenvalue weighted by Gasteiger charge is 2.18. The van der Waals surface area contributed by atoms with Gasteiger partial charge in [0.25, 0.3) is 0 Å². The Bertz CT molecular complexity index is 700. The fourth-order valence-corrected chi connectivity index (χ4v) is 3.94. The molecule has 1 unspecified atom stereocenters. The molecule has 0 bridgehead atoms. The maximum Gasteiger partial charge on any atom is 0.122 e. The van der Waals surface area contributed by atoms with Gasteiger partial charge in [-0.15, -0.1) is 0 Å². The third kappa shape index (κ3) is 6.28. The van der Waals surface area contributed by atoms with E-state index in [4.69, 9.17) is 9.47 Å². The lowest BCUT2D eigenvalue weighted by atomic mass is 9.99. The molecule has 0 spiro atoms. The van der Waals surface area contributed by atoms with E-state index in [-0.39, 0.29) is 0 Å². The molecule has 0 aromatic heterocycles. The summed E-state index contributed by atoms with van der Waals surface area (Å²) in [4.78, 5) is 2.42. The average Bonchev–Trinajstić information content (AvgIpc) is 2.70. The van der Waals surface area contributed by atoms with Gasteiger partial charge in [0.1, 0.15) is 11.5 Å². The number of aryl methyl sites for hydroxylation is 2. The summed E-state index contributed by atoms with van der Waals surface area (Å²) in [5, 5.41) is 0. The third-order valence-electron chi connectivity index (χ3n) is 5.46. The van der Waals surface area contributed by atoms with Crippen molar-refractivity contribution in [3.05, 3.63) is 59.7 Å². The van der Waals surface area contributed by atoms with Crippen LogP contribution in [0.3, 0.4) is 0 Å². The fourth-order valence-electron chi connectivity index (χ4n) is 3.94. The molecule has 0 saturated carbocycles. The van der Waals surface area contributed by atoms with Gasteiger partial charge >= 0.3 is 0 Å². The predicted molar refractivity (Wildman–Crippen MR) is 112 cm³/mol. The highest BCUT2D eigenvalue weighted by Crippen LogP contribution is 2.23. The largest absolute Gasteiger partial charge is 0.497 e. The minimum atomic E-state index is 0.657. The zero-order chi connectivity index (χ0) is 18.9. The van der Waals surface area contributed by atoms with Gasteiger partial charge in [0.2, 0.25) is 0 Å². The molecule has 1 saturated heterocycles. The predicted octanol–water partition coefficient (Wildman–Crippen LogP) is 4.98. The zero-order valence-electron chi connectivity index (χ0n) is 16.8. The van der Waals surface area contributed by atoms with E-state index in [0.717, 1.165) is 37.5 Å². The molecule has 3 nitrogen and oxygen atoms in total. The molecule has 2 aromatic carbocycles. The Balaban J connectivity index is 1.45. The molecule has 1 atom stereocenters. The van der Waals surface area contributed by atoms with Crippen LogP contribution in [0.4, 0.5) is 0 Å². The maximum atomic E-state index is 6.23. The number of methoxy groups -OCH3 is 1. The number of unbranched alkanes of at least 4 members (excludes halogenated alkanes) is 1. The third-order valence-corrected chi connectivity index (χ3v) is 5.46. The second-order valence-electron chi connectivity index (χ2n) is 7.75. The molecule has 0 radical (unpaired) electrons. The summed E-state index contributed by atoms with van der Waals surface area (Å²) in [5.41, 5.74) is 2.69. The number of rotatable bonds is 9. The van der Waals surface area contributed by atoms with Crippen LogP contribution in [0.5, 0.6) is 11.5 Å². The summed E-state index contributed by atoms with van der Waals surface area (Å²) in [6.07, 6.45) is 7.08. The van der Waals surface area contributed by atoms with Crippen LogP contribution in [0.1, 0.15) is 36.8 Å². The van der Waals surface area contributed by atoms with Gasteiger partial charge in [-0.1, -0.05) is 30.3 Å². The molecular weight excluding hydrogens is 334 g/mol. The smallest absolute Gasteiger partial charge is 0.122 e. The Kier molecular flexibility index (Phi) is 7.58. The second-order valence-corrected chi connectivity index (χ2v) is 7.75. The van der Waals surface area contributed by atoms with Gasteiger partial charge in [-0.2, -0.15) is 0 Å². The number of benzene rings is 2. The molecule has 146 valence electrons. The van der Waals surface area contributed by atoms with Crippen molar-refractivity contribution in [2.24, 2.45) is 5.92 Å². The van der Waals surface area contributed by atoms with Crippen molar-refractivity contribution >= 4 is 0 Å². The van der Waals surface area contributed by atoms with E-state index in [1.807, 2.05) is 6.07 Å². The van der Waals surface area contributed by atoms with Crippen LogP contribution in [0.25, 0.3) is 0 Å². The SMILES string of the molecule is COc1cccc(CCCCc2ccccc2OCC2CCCN(C)C2)c1. The number of ether oxygens (including phenoxy) is 2. The molecule has 1 aliphatic rings. The van der Waals surface area contributed by atoms with E-state index >= 15 is 0 Å². The summed E-state index contributed by atoms with van der Waals surface area (Å²) < 4.78 is 11.5. The quantitative estimate of drug-likeness (QED) is 0.583. The van der Waals surface area contributed by atoms with E-state index in [1.54, 1.807) is 7.11 Å². The summed E-state index contributed by atoms with van der Waals surface area (Å²) in [7, 11) is 3.93. The minimum absolute atomic E-state index is 0.657. The van der Waals surface area contributed by atoms with Crippen LogP contribution >= 0.6 is 0 Å². The molecule has 0 N–H and O–H groups in total. The topological polar surface area (TPSA) is 21.7 Å². The molecule has 27 heavy (non-hydrogen) atoms. The zero-order valence-corrected chi connectivity index (χ0v) is 16.8. The number of para-hydroxylation sites is 1. The summed E-state index contributed by atoms with van der Waals surface area (Å²) in [6.45, 7) is 3.22. The van der Waals surface area contributed by atoms with Crippen LogP contribution in [0.2, 0.25) is 0 Å². The Morgan fingerprint density at radius 2 is 1.89 bits per heavy atom. The van der Waals surface area contributed by atoms with Crippen LogP contribution in [0, 0.1) is 5.92 Å². The fraction of sp³-hybridized carbons (Fsp3) is 0.500. The number of hydrogen-bond acceptors (Lipinski definition) is 3. The second kappa shape index (κ2) is 10.4. The van der Waals surface area contributed by atoms with E-state index in [2.05, 4.69) is 54.4 Å². The highest BCUT2D eigenvalue weighted by atomic mass is 16.5. The van der Waals surface area contributed by atoms with Crippen molar-refractivity contribution in [3.63, 3.8) is 0 Å². The van der Waals surface area contributed by atoms with Gasteiger partial charge in [0.15, 0.2) is 0 Å². The number of piperidine rings is 1. The van der Waals surface area contributed by atoms with Crippen molar-refractivity contribution < 1.29 is 9.47 Å². The van der Waals surface area contributed by atoms with E-state index in [1.165, 1.54) is 43.4 Å². The Morgan fingerprint density at radius 1 is 1.04 bits per heavy atom. The molecule has 3 rings (SSSR count).